The predicted molar refractivity (Wildman–Crippen MR) is 188 cm³/mol. The van der Waals surface area contributed by atoms with Gasteiger partial charge in [-0.2, -0.15) is 0 Å². The number of benzene rings is 3. The summed E-state index contributed by atoms with van der Waals surface area (Å²) in [7, 11) is 0. The summed E-state index contributed by atoms with van der Waals surface area (Å²) in [6.07, 6.45) is 5.29. The van der Waals surface area contributed by atoms with Gasteiger partial charge in [0.1, 0.15) is 6.04 Å². The Hall–Kier alpha value is -6.60. The lowest BCUT2D eigenvalue weighted by atomic mass is 10.0. The van der Waals surface area contributed by atoms with Gasteiger partial charge < -0.3 is 16.0 Å². The summed E-state index contributed by atoms with van der Waals surface area (Å²) in [6, 6.07) is 22.4. The molecule has 2 aromatic heterocycles. The molecule has 1 atom stereocenters. The number of amides is 5. The number of nitrogens with zero attached hydrogens (tertiary/aromatic N) is 4. The summed E-state index contributed by atoms with van der Waals surface area (Å²) in [6.45, 7) is 2.86. The number of piperidine rings is 1. The van der Waals surface area contributed by atoms with Gasteiger partial charge >= 0.3 is 0 Å². The van der Waals surface area contributed by atoms with E-state index in [4.69, 9.17) is 0 Å². The van der Waals surface area contributed by atoms with Crippen molar-refractivity contribution in [3.05, 3.63) is 131 Å². The zero-order valence-electron chi connectivity index (χ0n) is 27.5. The monoisotopic (exact) mass is 680 g/mol. The molecule has 0 saturated carbocycles. The van der Waals surface area contributed by atoms with Crippen molar-refractivity contribution in [2.75, 3.05) is 10.6 Å². The Morgan fingerprint density at radius 3 is 2.45 bits per heavy atom. The van der Waals surface area contributed by atoms with Crippen molar-refractivity contribution < 1.29 is 24.0 Å². The number of fused-ring (bicyclic) bond motifs is 1. The largest absolute Gasteiger partial charge is 0.324 e. The smallest absolute Gasteiger partial charge is 0.262 e. The van der Waals surface area contributed by atoms with E-state index < -0.39 is 29.7 Å². The van der Waals surface area contributed by atoms with E-state index in [1.807, 2.05) is 55.5 Å². The molecule has 2 aliphatic heterocycles. The number of pyridine rings is 1. The van der Waals surface area contributed by atoms with Gasteiger partial charge in [-0.3, -0.25) is 39.2 Å². The fourth-order valence-electron chi connectivity index (χ4n) is 6.01. The van der Waals surface area contributed by atoms with Crippen LogP contribution < -0.4 is 21.3 Å². The van der Waals surface area contributed by atoms with Gasteiger partial charge in [0.05, 0.1) is 16.8 Å². The number of hydrogen-bond donors (Lipinski definition) is 4. The second-order valence-corrected chi connectivity index (χ2v) is 12.2. The number of carbonyl (C=O) groups excluding carboxylic acids is 5. The Morgan fingerprint density at radius 2 is 1.67 bits per heavy atom. The molecule has 4 N–H and O–H groups in total. The van der Waals surface area contributed by atoms with Gasteiger partial charge in [0, 0.05) is 60.6 Å². The highest BCUT2D eigenvalue weighted by atomic mass is 16.2. The van der Waals surface area contributed by atoms with E-state index in [1.165, 1.54) is 0 Å². The minimum atomic E-state index is -1.00. The molecule has 51 heavy (non-hydrogen) atoms. The summed E-state index contributed by atoms with van der Waals surface area (Å²) in [5, 5.41) is 11.7. The van der Waals surface area contributed by atoms with Crippen LogP contribution in [-0.2, 0) is 22.7 Å². The second-order valence-electron chi connectivity index (χ2n) is 12.2. The van der Waals surface area contributed by atoms with Crippen LogP contribution in [0.1, 0.15) is 60.6 Å². The molecule has 0 aliphatic carbocycles. The van der Waals surface area contributed by atoms with E-state index in [2.05, 4.69) is 36.2 Å². The number of aryl methyl sites for hydroxylation is 1. The van der Waals surface area contributed by atoms with Crippen molar-refractivity contribution in [2.45, 2.75) is 38.9 Å². The van der Waals surface area contributed by atoms with E-state index >= 15 is 0 Å². The zero-order valence-corrected chi connectivity index (χ0v) is 27.5. The average Bonchev–Trinajstić information content (AvgIpc) is 3.38. The number of rotatable bonds is 10. The molecule has 2 aliphatic rings. The fourth-order valence-corrected chi connectivity index (χ4v) is 6.01. The standard InChI is InChI=1S/C38H32N8O5/c1-22-4-10-27(18-31(22)44-38-41-16-14-30(43-38)26-3-2-15-39-21-26)42-34(48)25-8-5-23(6-9-25)19-40-20-24-7-11-28-29(17-24)37(51)46(36(28)50)32-12-13-33(47)45-35(32)49/h2-11,14-18,21,32,40H,12-13,19-20H2,1H3,(H,42,48)(H,41,43,44)(H,45,47,49). The van der Waals surface area contributed by atoms with Crippen molar-refractivity contribution in [3.8, 4) is 11.3 Å². The topological polar surface area (TPSA) is 175 Å². The Kier molecular flexibility index (Phi) is 9.10. The van der Waals surface area contributed by atoms with Crippen LogP contribution in [0.3, 0.4) is 0 Å². The van der Waals surface area contributed by atoms with Crippen LogP contribution in [0.15, 0.2) is 97.5 Å². The lowest BCUT2D eigenvalue weighted by Gasteiger charge is -2.27. The molecule has 254 valence electrons. The number of aromatic nitrogens is 3. The maximum Gasteiger partial charge on any atom is 0.262 e. The maximum absolute atomic E-state index is 13.1. The highest BCUT2D eigenvalue weighted by Gasteiger charge is 2.44. The molecule has 5 amide bonds. The first-order chi connectivity index (χ1) is 24.7. The number of carbonyl (C=O) groups is 5. The third-order valence-electron chi connectivity index (χ3n) is 8.73. The maximum atomic E-state index is 13.1. The third-order valence-corrected chi connectivity index (χ3v) is 8.73. The van der Waals surface area contributed by atoms with Gasteiger partial charge in [0.15, 0.2) is 0 Å². The van der Waals surface area contributed by atoms with Crippen molar-refractivity contribution in [1.29, 1.82) is 0 Å². The normalized spacial score (nSPS) is 15.4. The predicted octanol–water partition coefficient (Wildman–Crippen LogP) is 4.53. The first-order valence-electron chi connectivity index (χ1n) is 16.3. The number of nitrogens with one attached hydrogen (secondary N) is 4. The Morgan fingerprint density at radius 1 is 0.882 bits per heavy atom. The molecule has 13 heteroatoms. The molecule has 0 bridgehead atoms. The first kappa shape index (κ1) is 32.9. The summed E-state index contributed by atoms with van der Waals surface area (Å²) < 4.78 is 0. The Labute approximate surface area is 292 Å². The number of hydrogen-bond acceptors (Lipinski definition) is 10. The molecule has 7 rings (SSSR count). The number of imide groups is 2. The SMILES string of the molecule is Cc1ccc(NC(=O)c2ccc(CNCc3ccc4c(c3)C(=O)N(C3CCC(=O)NC3=O)C4=O)cc2)cc1Nc1nccc(-c2cccnc2)n1. The quantitative estimate of drug-likeness (QED) is 0.153. The lowest BCUT2D eigenvalue weighted by Crippen LogP contribution is -2.54. The molecule has 4 heterocycles. The summed E-state index contributed by atoms with van der Waals surface area (Å²) in [5.41, 5.74) is 6.62. The molecular formula is C38H32N8O5. The van der Waals surface area contributed by atoms with Crippen molar-refractivity contribution >= 4 is 46.9 Å². The van der Waals surface area contributed by atoms with Crippen molar-refractivity contribution in [2.24, 2.45) is 0 Å². The highest BCUT2D eigenvalue weighted by Crippen LogP contribution is 2.29. The third kappa shape index (κ3) is 7.09. The lowest BCUT2D eigenvalue weighted by molar-refractivity contribution is -0.136. The van der Waals surface area contributed by atoms with Crippen LogP contribution in [0.2, 0.25) is 0 Å². The summed E-state index contributed by atoms with van der Waals surface area (Å²) in [4.78, 5) is 77.1. The molecule has 1 saturated heterocycles. The molecule has 0 radical (unpaired) electrons. The van der Waals surface area contributed by atoms with E-state index in [1.54, 1.807) is 48.9 Å². The van der Waals surface area contributed by atoms with Gasteiger partial charge in [-0.1, -0.05) is 24.3 Å². The van der Waals surface area contributed by atoms with Gasteiger partial charge in [-0.05, 0) is 84.6 Å². The van der Waals surface area contributed by atoms with E-state index in [9.17, 15) is 24.0 Å². The van der Waals surface area contributed by atoms with E-state index in [0.29, 0.717) is 30.3 Å². The minimum absolute atomic E-state index is 0.0662. The number of anilines is 3. The Balaban J connectivity index is 0.935. The Bertz CT molecular complexity index is 2190. The highest BCUT2D eigenvalue weighted by molar-refractivity contribution is 6.23. The fraction of sp³-hybridized carbons (Fsp3) is 0.158. The van der Waals surface area contributed by atoms with Crippen molar-refractivity contribution in [3.63, 3.8) is 0 Å². The molecular weight excluding hydrogens is 648 g/mol. The van der Waals surface area contributed by atoms with Gasteiger partial charge in [-0.25, -0.2) is 9.97 Å². The average molecular weight is 681 g/mol. The summed E-state index contributed by atoms with van der Waals surface area (Å²) >= 11 is 0. The van der Waals surface area contributed by atoms with Gasteiger partial charge in [0.2, 0.25) is 17.8 Å². The van der Waals surface area contributed by atoms with E-state index in [0.717, 1.165) is 38.5 Å². The van der Waals surface area contributed by atoms with Crippen LogP contribution in [0.4, 0.5) is 17.3 Å². The van der Waals surface area contributed by atoms with Crippen LogP contribution in [0, 0.1) is 6.92 Å². The molecule has 5 aromatic rings. The van der Waals surface area contributed by atoms with Crippen LogP contribution >= 0.6 is 0 Å². The van der Waals surface area contributed by atoms with Crippen LogP contribution in [0.5, 0.6) is 0 Å². The van der Waals surface area contributed by atoms with Crippen molar-refractivity contribution in [1.82, 2.24) is 30.5 Å². The molecule has 1 unspecified atom stereocenters. The zero-order chi connectivity index (χ0) is 35.5. The second kappa shape index (κ2) is 14.1. The summed E-state index contributed by atoms with van der Waals surface area (Å²) in [5.74, 6) is -1.98. The molecule has 1 fully saturated rings. The van der Waals surface area contributed by atoms with E-state index in [-0.39, 0.29) is 29.9 Å². The van der Waals surface area contributed by atoms with Gasteiger partial charge in [0.25, 0.3) is 17.7 Å². The van der Waals surface area contributed by atoms with Gasteiger partial charge in [-0.15, -0.1) is 0 Å². The molecule has 0 spiro atoms. The minimum Gasteiger partial charge on any atom is -0.324 e. The molecule has 13 nitrogen and oxygen atoms in total. The first-order valence-corrected chi connectivity index (χ1v) is 16.3. The van der Waals surface area contributed by atoms with Crippen LogP contribution in [-0.4, -0.2) is 55.4 Å². The van der Waals surface area contributed by atoms with Crippen LogP contribution in [0.25, 0.3) is 11.3 Å². The molecule has 3 aromatic carbocycles.